The molecule has 3 aromatic rings. The maximum Gasteiger partial charge on any atom is 0.387 e. The van der Waals surface area contributed by atoms with E-state index in [-0.39, 0.29) is 28.8 Å². The van der Waals surface area contributed by atoms with E-state index < -0.39 is 24.5 Å². The van der Waals surface area contributed by atoms with Gasteiger partial charge >= 0.3 is 12.6 Å². The first-order chi connectivity index (χ1) is 15.2. The van der Waals surface area contributed by atoms with E-state index in [1.165, 1.54) is 20.1 Å². The average molecular weight is 468 g/mol. The molecule has 170 valence electrons. The molecule has 0 amide bonds. The molecule has 1 aromatic heterocycles. The molecule has 1 atom stereocenters. The van der Waals surface area contributed by atoms with Crippen molar-refractivity contribution < 1.29 is 32.2 Å². The number of hydrogen-bond acceptors (Lipinski definition) is 5. The van der Waals surface area contributed by atoms with Gasteiger partial charge in [-0.3, -0.25) is 0 Å². The molecular formula is C23H21ClF3NO4. The lowest BCUT2D eigenvalue weighted by Gasteiger charge is -2.20. The summed E-state index contributed by atoms with van der Waals surface area (Å²) in [5.41, 5.74) is 1.35. The van der Waals surface area contributed by atoms with E-state index in [2.05, 4.69) is 9.72 Å². The van der Waals surface area contributed by atoms with Crippen LogP contribution in [0.1, 0.15) is 30.7 Å². The van der Waals surface area contributed by atoms with Crippen molar-refractivity contribution in [1.29, 1.82) is 0 Å². The summed E-state index contributed by atoms with van der Waals surface area (Å²) in [6.07, 6.45) is -0.534. The van der Waals surface area contributed by atoms with Crippen molar-refractivity contribution in [1.82, 2.24) is 4.98 Å². The van der Waals surface area contributed by atoms with Crippen LogP contribution in [-0.4, -0.2) is 30.8 Å². The van der Waals surface area contributed by atoms with E-state index in [4.69, 9.17) is 21.1 Å². The fourth-order valence-corrected chi connectivity index (χ4v) is 3.49. The number of aromatic nitrogens is 1. The van der Waals surface area contributed by atoms with Gasteiger partial charge in [0, 0.05) is 22.7 Å². The lowest BCUT2D eigenvalue weighted by Crippen LogP contribution is -2.25. The fourth-order valence-electron chi connectivity index (χ4n) is 3.36. The number of carbonyl (C=O) groups is 1. The molecule has 0 radical (unpaired) electrons. The standard InChI is InChI=1S/C23H21ClF3NO4/c1-4-17-15(11-13-5-7-14(24)8-6-13)21(32-23(26)27)19-18(31-12(2)22(29)30-3)10-9-16(25)20(19)28-17/h5-10,12,23H,4,11H2,1-3H3/t12-/m0/s1. The monoisotopic (exact) mass is 467 g/mol. The second-order valence-corrected chi connectivity index (χ2v) is 7.39. The molecule has 0 aliphatic heterocycles. The zero-order valence-electron chi connectivity index (χ0n) is 17.6. The lowest BCUT2D eigenvalue weighted by molar-refractivity contribution is -0.147. The number of ether oxygens (including phenoxy) is 3. The topological polar surface area (TPSA) is 57.7 Å². The van der Waals surface area contributed by atoms with Gasteiger partial charge in [0.15, 0.2) is 6.10 Å². The molecule has 0 N–H and O–H groups in total. The van der Waals surface area contributed by atoms with Gasteiger partial charge in [-0.25, -0.2) is 14.2 Å². The minimum Gasteiger partial charge on any atom is -0.478 e. The van der Waals surface area contributed by atoms with Gasteiger partial charge in [0.1, 0.15) is 22.8 Å². The quantitative estimate of drug-likeness (QED) is 0.396. The molecule has 0 spiro atoms. The zero-order chi connectivity index (χ0) is 23.4. The van der Waals surface area contributed by atoms with E-state index in [0.717, 1.165) is 11.6 Å². The summed E-state index contributed by atoms with van der Waals surface area (Å²) in [6.45, 7) is 0.0313. The Labute approximate surface area is 188 Å². The Kier molecular flexibility index (Phi) is 7.45. The number of pyridine rings is 1. The van der Waals surface area contributed by atoms with E-state index in [0.29, 0.717) is 22.7 Å². The van der Waals surface area contributed by atoms with Gasteiger partial charge < -0.3 is 14.2 Å². The van der Waals surface area contributed by atoms with E-state index in [1.54, 1.807) is 31.2 Å². The molecule has 0 bridgehead atoms. The summed E-state index contributed by atoms with van der Waals surface area (Å²) in [7, 11) is 1.19. The molecule has 0 saturated carbocycles. The Balaban J connectivity index is 2.27. The SMILES string of the molecule is CCc1nc2c(F)ccc(O[C@@H](C)C(=O)OC)c2c(OC(F)F)c1Cc1ccc(Cl)cc1. The van der Waals surface area contributed by atoms with Crippen molar-refractivity contribution >= 4 is 28.5 Å². The first-order valence-electron chi connectivity index (χ1n) is 9.82. The second-order valence-electron chi connectivity index (χ2n) is 6.95. The van der Waals surface area contributed by atoms with Crippen LogP contribution in [0.4, 0.5) is 13.2 Å². The summed E-state index contributed by atoms with van der Waals surface area (Å²) in [4.78, 5) is 16.2. The van der Waals surface area contributed by atoms with E-state index >= 15 is 0 Å². The molecule has 32 heavy (non-hydrogen) atoms. The smallest absolute Gasteiger partial charge is 0.387 e. The molecule has 0 fully saturated rings. The minimum absolute atomic E-state index is 0.0255. The molecule has 1 heterocycles. The number of carbonyl (C=O) groups excluding carboxylic acids is 1. The Hall–Kier alpha value is -3.00. The number of aryl methyl sites for hydroxylation is 1. The molecule has 0 saturated heterocycles. The first-order valence-corrected chi connectivity index (χ1v) is 10.2. The second kappa shape index (κ2) is 10.1. The van der Waals surface area contributed by atoms with E-state index in [1.807, 2.05) is 0 Å². The molecule has 9 heteroatoms. The highest BCUT2D eigenvalue weighted by Crippen LogP contribution is 2.41. The number of halogens is 4. The van der Waals surface area contributed by atoms with Crippen molar-refractivity contribution in [3.8, 4) is 11.5 Å². The number of nitrogens with zero attached hydrogens (tertiary/aromatic N) is 1. The van der Waals surface area contributed by atoms with Crippen LogP contribution in [-0.2, 0) is 22.4 Å². The Morgan fingerprint density at radius 1 is 1.12 bits per heavy atom. The van der Waals surface area contributed by atoms with Crippen LogP contribution in [0, 0.1) is 5.82 Å². The summed E-state index contributed by atoms with van der Waals surface area (Å²) in [6, 6.07) is 9.20. The van der Waals surface area contributed by atoms with Crippen LogP contribution in [0.2, 0.25) is 5.02 Å². The molecule has 0 aliphatic rings. The highest BCUT2D eigenvalue weighted by atomic mass is 35.5. The van der Waals surface area contributed by atoms with Crippen molar-refractivity contribution in [3.63, 3.8) is 0 Å². The zero-order valence-corrected chi connectivity index (χ0v) is 18.4. The average Bonchev–Trinajstić information content (AvgIpc) is 2.77. The summed E-state index contributed by atoms with van der Waals surface area (Å²) < 4.78 is 56.8. The van der Waals surface area contributed by atoms with Gasteiger partial charge in [-0.2, -0.15) is 8.78 Å². The van der Waals surface area contributed by atoms with Gasteiger partial charge in [0.25, 0.3) is 0 Å². The number of fused-ring (bicyclic) bond motifs is 1. The molecule has 3 rings (SSSR count). The Morgan fingerprint density at radius 2 is 1.81 bits per heavy atom. The summed E-state index contributed by atoms with van der Waals surface area (Å²) >= 11 is 5.94. The lowest BCUT2D eigenvalue weighted by atomic mass is 9.98. The van der Waals surface area contributed by atoms with Crippen molar-refractivity contribution in [2.45, 2.75) is 39.4 Å². The van der Waals surface area contributed by atoms with Crippen LogP contribution in [0.15, 0.2) is 36.4 Å². The van der Waals surface area contributed by atoms with E-state index in [9.17, 15) is 18.0 Å². The summed E-state index contributed by atoms with van der Waals surface area (Å²) in [5, 5.41) is 0.446. The number of alkyl halides is 2. The highest BCUT2D eigenvalue weighted by Gasteiger charge is 2.25. The highest BCUT2D eigenvalue weighted by molar-refractivity contribution is 6.30. The van der Waals surface area contributed by atoms with Gasteiger partial charge in [0.05, 0.1) is 12.5 Å². The van der Waals surface area contributed by atoms with Crippen molar-refractivity contribution in [2.75, 3.05) is 7.11 Å². The Morgan fingerprint density at radius 3 is 2.41 bits per heavy atom. The predicted octanol–water partition coefficient (Wildman–Crippen LogP) is 5.72. The predicted molar refractivity (Wildman–Crippen MR) is 114 cm³/mol. The van der Waals surface area contributed by atoms with Crippen LogP contribution in [0.5, 0.6) is 11.5 Å². The number of rotatable bonds is 8. The van der Waals surface area contributed by atoms with Crippen molar-refractivity contribution in [2.24, 2.45) is 0 Å². The van der Waals surface area contributed by atoms with Crippen molar-refractivity contribution in [3.05, 3.63) is 64.1 Å². The maximum absolute atomic E-state index is 14.7. The minimum atomic E-state index is -3.18. The van der Waals surface area contributed by atoms with Crippen LogP contribution in [0.25, 0.3) is 10.9 Å². The van der Waals surface area contributed by atoms with Gasteiger partial charge in [-0.1, -0.05) is 30.7 Å². The largest absolute Gasteiger partial charge is 0.478 e. The number of benzene rings is 2. The van der Waals surface area contributed by atoms with Gasteiger partial charge in [-0.05, 0) is 43.2 Å². The van der Waals surface area contributed by atoms with Crippen LogP contribution >= 0.6 is 11.6 Å². The first kappa shape index (κ1) is 23.7. The molecule has 5 nitrogen and oxygen atoms in total. The number of esters is 1. The molecule has 0 aliphatic carbocycles. The summed E-state index contributed by atoms with van der Waals surface area (Å²) in [5.74, 6) is -1.69. The third-order valence-corrected chi connectivity index (χ3v) is 5.11. The van der Waals surface area contributed by atoms with Gasteiger partial charge in [-0.15, -0.1) is 0 Å². The molecular weight excluding hydrogens is 447 g/mol. The van der Waals surface area contributed by atoms with Gasteiger partial charge in [0.2, 0.25) is 0 Å². The Bertz CT molecular complexity index is 1120. The normalized spacial score (nSPS) is 12.1. The van der Waals surface area contributed by atoms with Crippen LogP contribution in [0.3, 0.4) is 0 Å². The third-order valence-electron chi connectivity index (χ3n) is 4.86. The number of hydrogen-bond donors (Lipinski definition) is 0. The number of methoxy groups -OCH3 is 1. The maximum atomic E-state index is 14.7. The third kappa shape index (κ3) is 5.07. The molecule has 2 aromatic carbocycles. The fraction of sp³-hybridized carbons (Fsp3) is 0.304. The van der Waals surface area contributed by atoms with Crippen LogP contribution < -0.4 is 9.47 Å². The molecule has 0 unspecified atom stereocenters.